The van der Waals surface area contributed by atoms with Crippen LogP contribution in [-0.2, 0) is 7.05 Å². The topological polar surface area (TPSA) is 56.7 Å². The van der Waals surface area contributed by atoms with Crippen molar-refractivity contribution < 1.29 is 0 Å². The minimum atomic E-state index is 0. The van der Waals surface area contributed by atoms with Crippen LogP contribution in [0.15, 0.2) is 6.33 Å². The van der Waals surface area contributed by atoms with Gasteiger partial charge in [-0.15, -0.1) is 22.6 Å². The summed E-state index contributed by atoms with van der Waals surface area (Å²) in [4.78, 5) is 0. The van der Waals surface area contributed by atoms with E-state index < -0.39 is 0 Å². The molecule has 4 nitrogen and oxygen atoms in total. The van der Waals surface area contributed by atoms with E-state index in [1.807, 2.05) is 0 Å². The fourth-order valence-corrected chi connectivity index (χ4v) is 0.292. The maximum Gasteiger partial charge on any atom is 0.221 e. The van der Waals surface area contributed by atoms with Gasteiger partial charge < -0.3 is 10.3 Å². The zero-order valence-corrected chi connectivity index (χ0v) is 5.22. The van der Waals surface area contributed by atoms with Gasteiger partial charge in [-0.3, -0.25) is 0 Å². The Balaban J connectivity index is 0.000000490. The number of anilines is 1. The summed E-state index contributed by atoms with van der Waals surface area (Å²) in [6, 6.07) is 0. The highest BCUT2D eigenvalue weighted by Gasteiger charge is 1.86. The zero-order chi connectivity index (χ0) is 5.28. The standard InChI is InChI=1S/C3H6N4.ClH/c1-7-2-5-6-3(7)4;/h2H,1H3,(H2,4,6);1H. The van der Waals surface area contributed by atoms with Gasteiger partial charge in [-0.25, -0.2) is 0 Å². The molecule has 8 heavy (non-hydrogen) atoms. The third kappa shape index (κ3) is 1.10. The Kier molecular flexibility index (Phi) is 2.27. The van der Waals surface area contributed by atoms with Crippen LogP contribution < -0.4 is 5.73 Å². The quantitative estimate of drug-likeness (QED) is 0.536. The van der Waals surface area contributed by atoms with Crippen molar-refractivity contribution in [2.75, 3.05) is 5.73 Å². The molecule has 0 aliphatic carbocycles. The van der Waals surface area contributed by atoms with E-state index in [1.165, 1.54) is 0 Å². The van der Waals surface area contributed by atoms with Crippen LogP contribution in [0.5, 0.6) is 0 Å². The predicted octanol–water partition coefficient (Wildman–Crippen LogP) is -0.181. The number of nitrogen functional groups attached to an aromatic ring is 1. The first kappa shape index (κ1) is 7.23. The lowest BCUT2D eigenvalue weighted by Gasteiger charge is -1.84. The molecule has 0 unspecified atom stereocenters. The maximum atomic E-state index is 5.23. The van der Waals surface area contributed by atoms with E-state index in [0.717, 1.165) is 0 Å². The molecule has 0 fully saturated rings. The van der Waals surface area contributed by atoms with Gasteiger partial charge in [-0.2, -0.15) is 0 Å². The van der Waals surface area contributed by atoms with Crippen molar-refractivity contribution in [3.05, 3.63) is 6.33 Å². The highest BCUT2D eigenvalue weighted by molar-refractivity contribution is 5.85. The lowest BCUT2D eigenvalue weighted by molar-refractivity contribution is 0.924. The Labute approximate surface area is 53.1 Å². The summed E-state index contributed by atoms with van der Waals surface area (Å²) in [6.07, 6.45) is 1.55. The minimum absolute atomic E-state index is 0. The van der Waals surface area contributed by atoms with Crippen LogP contribution in [0.25, 0.3) is 0 Å². The molecule has 2 N–H and O–H groups in total. The van der Waals surface area contributed by atoms with E-state index >= 15 is 0 Å². The van der Waals surface area contributed by atoms with Crippen LogP contribution in [-0.4, -0.2) is 14.8 Å². The lowest BCUT2D eigenvalue weighted by Crippen LogP contribution is -1.94. The molecule has 0 saturated carbocycles. The second-order valence-corrected chi connectivity index (χ2v) is 1.30. The molecule has 0 aliphatic heterocycles. The molecule has 0 bridgehead atoms. The van der Waals surface area contributed by atoms with E-state index in [4.69, 9.17) is 5.73 Å². The second kappa shape index (κ2) is 2.52. The van der Waals surface area contributed by atoms with E-state index in [1.54, 1.807) is 17.9 Å². The van der Waals surface area contributed by atoms with Gasteiger partial charge in [0, 0.05) is 7.05 Å². The minimum Gasteiger partial charge on any atom is -0.368 e. The van der Waals surface area contributed by atoms with Crippen LogP contribution in [0.1, 0.15) is 0 Å². The summed E-state index contributed by atoms with van der Waals surface area (Å²) in [5.74, 6) is 0.444. The molecule has 0 atom stereocenters. The van der Waals surface area contributed by atoms with Gasteiger partial charge in [0.15, 0.2) is 0 Å². The van der Waals surface area contributed by atoms with Crippen LogP contribution in [0.4, 0.5) is 5.95 Å². The van der Waals surface area contributed by atoms with Crippen molar-refractivity contribution in [2.24, 2.45) is 7.05 Å². The number of halogens is 1. The van der Waals surface area contributed by atoms with E-state index in [-0.39, 0.29) is 12.4 Å². The van der Waals surface area contributed by atoms with Crippen molar-refractivity contribution in [1.82, 2.24) is 14.8 Å². The SMILES string of the molecule is Cl.Cn1cnnc1N. The molecule has 1 aromatic rings. The fraction of sp³-hybridized carbons (Fsp3) is 0.333. The highest BCUT2D eigenvalue weighted by Crippen LogP contribution is 1.86. The van der Waals surface area contributed by atoms with Gasteiger partial charge in [-0.1, -0.05) is 0 Å². The number of nitrogens with zero attached hydrogens (tertiary/aromatic N) is 3. The molecule has 0 spiro atoms. The summed E-state index contributed by atoms with van der Waals surface area (Å²) in [6.45, 7) is 0. The van der Waals surface area contributed by atoms with Crippen LogP contribution in [0.2, 0.25) is 0 Å². The third-order valence-corrected chi connectivity index (χ3v) is 0.746. The smallest absolute Gasteiger partial charge is 0.221 e. The third-order valence-electron chi connectivity index (χ3n) is 0.746. The monoisotopic (exact) mass is 134 g/mol. The van der Waals surface area contributed by atoms with Gasteiger partial charge in [0.2, 0.25) is 5.95 Å². The average Bonchev–Trinajstić information content (AvgIpc) is 1.91. The van der Waals surface area contributed by atoms with Gasteiger partial charge in [0.05, 0.1) is 0 Å². The molecule has 1 heterocycles. The summed E-state index contributed by atoms with van der Waals surface area (Å²) in [5, 5.41) is 7.02. The summed E-state index contributed by atoms with van der Waals surface area (Å²) >= 11 is 0. The van der Waals surface area contributed by atoms with Crippen LogP contribution in [0.3, 0.4) is 0 Å². The largest absolute Gasteiger partial charge is 0.368 e. The molecule has 46 valence electrons. The molecule has 0 radical (unpaired) electrons. The molecular formula is C3H7ClN4. The van der Waals surface area contributed by atoms with Crippen LogP contribution in [0, 0.1) is 0 Å². The first-order chi connectivity index (χ1) is 3.30. The van der Waals surface area contributed by atoms with Gasteiger partial charge in [-0.05, 0) is 0 Å². The first-order valence-electron chi connectivity index (χ1n) is 1.90. The molecule has 0 aromatic carbocycles. The Morgan fingerprint density at radius 1 is 1.75 bits per heavy atom. The number of nitrogens with two attached hydrogens (primary N) is 1. The van der Waals surface area contributed by atoms with E-state index in [9.17, 15) is 0 Å². The van der Waals surface area contributed by atoms with E-state index in [0.29, 0.717) is 5.95 Å². The summed E-state index contributed by atoms with van der Waals surface area (Å²) in [7, 11) is 1.79. The number of rotatable bonds is 0. The summed E-state index contributed by atoms with van der Waals surface area (Å²) in [5.41, 5.74) is 5.23. The van der Waals surface area contributed by atoms with Gasteiger partial charge >= 0.3 is 0 Å². The van der Waals surface area contributed by atoms with Gasteiger partial charge in [0.1, 0.15) is 6.33 Å². The zero-order valence-electron chi connectivity index (χ0n) is 4.40. The molecule has 0 saturated heterocycles. The van der Waals surface area contributed by atoms with Crippen molar-refractivity contribution in [2.45, 2.75) is 0 Å². The number of hydrogen-bond acceptors (Lipinski definition) is 3. The van der Waals surface area contributed by atoms with Crippen molar-refractivity contribution in [1.29, 1.82) is 0 Å². The molecule has 1 rings (SSSR count). The Morgan fingerprint density at radius 2 is 2.38 bits per heavy atom. The normalized spacial score (nSPS) is 8.12. The van der Waals surface area contributed by atoms with Crippen molar-refractivity contribution in [3.63, 3.8) is 0 Å². The molecule has 0 amide bonds. The van der Waals surface area contributed by atoms with Crippen molar-refractivity contribution in [3.8, 4) is 0 Å². The highest BCUT2D eigenvalue weighted by atomic mass is 35.5. The number of aromatic nitrogens is 3. The first-order valence-corrected chi connectivity index (χ1v) is 1.90. The Morgan fingerprint density at radius 3 is 2.50 bits per heavy atom. The van der Waals surface area contributed by atoms with Crippen molar-refractivity contribution >= 4 is 18.4 Å². The lowest BCUT2D eigenvalue weighted by atomic mass is 11.0. The molecular weight excluding hydrogens is 128 g/mol. The Bertz CT molecular complexity index is 144. The summed E-state index contributed by atoms with van der Waals surface area (Å²) < 4.78 is 1.64. The average molecular weight is 135 g/mol. The second-order valence-electron chi connectivity index (χ2n) is 1.30. The molecule has 5 heteroatoms. The number of hydrogen-bond donors (Lipinski definition) is 1. The van der Waals surface area contributed by atoms with Gasteiger partial charge in [0.25, 0.3) is 0 Å². The predicted molar refractivity (Wildman–Crippen MR) is 32.7 cm³/mol. The molecule has 1 aromatic heterocycles. The number of aryl methyl sites for hydroxylation is 1. The Hall–Kier alpha value is -0.770. The molecule has 0 aliphatic rings. The maximum absolute atomic E-state index is 5.23. The fourth-order valence-electron chi connectivity index (χ4n) is 0.292. The van der Waals surface area contributed by atoms with E-state index in [2.05, 4.69) is 10.2 Å². The van der Waals surface area contributed by atoms with Crippen LogP contribution >= 0.6 is 12.4 Å².